The summed E-state index contributed by atoms with van der Waals surface area (Å²) < 4.78 is 0.429. The van der Waals surface area contributed by atoms with Gasteiger partial charge in [0.2, 0.25) is 5.24 Å². The maximum Gasteiger partial charge on any atom is 0.223 e. The first-order chi connectivity index (χ1) is 4.79. The van der Waals surface area contributed by atoms with Crippen LogP contribution in [-0.2, 0) is 4.79 Å². The molecule has 1 nitrogen and oxygen atoms in total. The van der Waals surface area contributed by atoms with Crippen LogP contribution >= 0.6 is 35.1 Å². The Hall–Kier alpha value is 0.660. The molecular formula is C6H9ClOS2. The van der Waals surface area contributed by atoms with Gasteiger partial charge in [-0.2, -0.15) is 0 Å². The highest BCUT2D eigenvalue weighted by Crippen LogP contribution is 2.33. The molecule has 0 atom stereocenters. The first-order valence-corrected chi connectivity index (χ1v) is 5.68. The molecule has 1 aliphatic heterocycles. The van der Waals surface area contributed by atoms with Gasteiger partial charge in [0.05, 0.1) is 4.58 Å². The van der Waals surface area contributed by atoms with Crippen molar-refractivity contribution in [2.45, 2.75) is 17.4 Å². The van der Waals surface area contributed by atoms with Crippen LogP contribution in [0.5, 0.6) is 0 Å². The van der Waals surface area contributed by atoms with Gasteiger partial charge in [-0.15, -0.1) is 23.5 Å². The van der Waals surface area contributed by atoms with Crippen molar-refractivity contribution >= 4 is 40.4 Å². The van der Waals surface area contributed by atoms with Gasteiger partial charge < -0.3 is 0 Å². The van der Waals surface area contributed by atoms with Crippen molar-refractivity contribution in [3.05, 3.63) is 0 Å². The molecule has 0 bridgehead atoms. The minimum Gasteiger partial charge on any atom is -0.281 e. The van der Waals surface area contributed by atoms with Crippen LogP contribution < -0.4 is 0 Å². The number of hydrogen-bond donors (Lipinski definition) is 0. The molecule has 4 heteroatoms. The lowest BCUT2D eigenvalue weighted by Gasteiger charge is -2.18. The molecule has 0 saturated carbocycles. The van der Waals surface area contributed by atoms with Crippen molar-refractivity contribution in [3.8, 4) is 0 Å². The van der Waals surface area contributed by atoms with Gasteiger partial charge in [-0.25, -0.2) is 0 Å². The Bertz CT molecular complexity index is 123. The summed E-state index contributed by atoms with van der Waals surface area (Å²) >= 11 is 8.94. The second-order valence-corrected chi connectivity index (χ2v) is 5.43. The van der Waals surface area contributed by atoms with Crippen molar-refractivity contribution in [1.82, 2.24) is 0 Å². The fourth-order valence-electron chi connectivity index (χ4n) is 0.785. The lowest BCUT2D eigenvalue weighted by atomic mass is 10.5. The third-order valence-corrected chi connectivity index (χ3v) is 4.32. The van der Waals surface area contributed by atoms with E-state index in [1.165, 1.54) is 17.9 Å². The van der Waals surface area contributed by atoms with Crippen molar-refractivity contribution in [3.63, 3.8) is 0 Å². The van der Waals surface area contributed by atoms with E-state index in [4.69, 9.17) is 11.6 Å². The summed E-state index contributed by atoms with van der Waals surface area (Å²) in [5.74, 6) is 2.36. The topological polar surface area (TPSA) is 17.1 Å². The average molecular weight is 197 g/mol. The van der Waals surface area contributed by atoms with Crippen LogP contribution in [0.3, 0.4) is 0 Å². The van der Waals surface area contributed by atoms with Crippen LogP contribution in [0.15, 0.2) is 0 Å². The normalized spacial score (nSPS) is 20.9. The molecule has 58 valence electrons. The predicted molar refractivity (Wildman–Crippen MR) is 48.8 cm³/mol. The first-order valence-electron chi connectivity index (χ1n) is 3.20. The molecule has 0 N–H and O–H groups in total. The summed E-state index contributed by atoms with van der Waals surface area (Å²) in [5.41, 5.74) is 0. The van der Waals surface area contributed by atoms with Gasteiger partial charge in [-0.3, -0.25) is 4.79 Å². The van der Waals surface area contributed by atoms with E-state index in [0.717, 1.165) is 0 Å². The van der Waals surface area contributed by atoms with Gasteiger partial charge in [0.1, 0.15) is 0 Å². The summed E-state index contributed by atoms with van der Waals surface area (Å²) in [6.45, 7) is 0. The SMILES string of the molecule is O=C(Cl)CC1SCCCS1. The Morgan fingerprint density at radius 1 is 1.50 bits per heavy atom. The van der Waals surface area contributed by atoms with Crippen molar-refractivity contribution < 1.29 is 4.79 Å². The quantitative estimate of drug-likeness (QED) is 0.632. The predicted octanol–water partition coefficient (Wildman–Crippen LogP) is 2.34. The van der Waals surface area contributed by atoms with Crippen LogP contribution in [0.1, 0.15) is 12.8 Å². The van der Waals surface area contributed by atoms with Crippen LogP contribution in [0.4, 0.5) is 0 Å². The van der Waals surface area contributed by atoms with E-state index in [1.807, 2.05) is 23.5 Å². The van der Waals surface area contributed by atoms with Crippen LogP contribution in [0, 0.1) is 0 Å². The number of carbonyl (C=O) groups excluding carboxylic acids is 1. The summed E-state index contributed by atoms with van der Waals surface area (Å²) in [4.78, 5) is 10.5. The maximum atomic E-state index is 10.5. The van der Waals surface area contributed by atoms with E-state index in [0.29, 0.717) is 11.0 Å². The largest absolute Gasteiger partial charge is 0.281 e. The molecule has 1 saturated heterocycles. The second kappa shape index (κ2) is 4.52. The minimum absolute atomic E-state index is 0.202. The highest BCUT2D eigenvalue weighted by Gasteiger charge is 2.16. The van der Waals surface area contributed by atoms with Crippen LogP contribution in [0.25, 0.3) is 0 Å². The highest BCUT2D eigenvalue weighted by atomic mass is 35.5. The zero-order valence-corrected chi connectivity index (χ0v) is 7.90. The van der Waals surface area contributed by atoms with Crippen LogP contribution in [-0.4, -0.2) is 21.3 Å². The molecule has 1 aliphatic rings. The molecule has 1 fully saturated rings. The number of thioether (sulfide) groups is 2. The van der Waals surface area contributed by atoms with E-state index in [1.54, 1.807) is 0 Å². The summed E-state index contributed by atoms with van der Waals surface area (Å²) in [6, 6.07) is 0. The molecule has 0 radical (unpaired) electrons. The molecule has 1 heterocycles. The van der Waals surface area contributed by atoms with Crippen molar-refractivity contribution in [2.75, 3.05) is 11.5 Å². The van der Waals surface area contributed by atoms with Crippen molar-refractivity contribution in [2.24, 2.45) is 0 Å². The molecule has 0 aromatic heterocycles. The van der Waals surface area contributed by atoms with Crippen LogP contribution in [0.2, 0.25) is 0 Å². The summed E-state index contributed by atoms with van der Waals surface area (Å²) in [6.07, 6.45) is 1.79. The van der Waals surface area contributed by atoms with E-state index in [2.05, 4.69) is 0 Å². The highest BCUT2D eigenvalue weighted by molar-refractivity contribution is 8.17. The summed E-state index contributed by atoms with van der Waals surface area (Å²) in [5, 5.41) is -0.202. The number of rotatable bonds is 2. The standard InChI is InChI=1S/C6H9ClOS2/c7-5(8)4-6-9-2-1-3-10-6/h6H,1-4H2. The second-order valence-electron chi connectivity index (χ2n) is 2.08. The van der Waals surface area contributed by atoms with E-state index < -0.39 is 0 Å². The molecule has 0 unspecified atom stereocenters. The first kappa shape index (κ1) is 8.75. The summed E-state index contributed by atoms with van der Waals surface area (Å²) in [7, 11) is 0. The molecule has 0 spiro atoms. The fraction of sp³-hybridized carbons (Fsp3) is 0.833. The van der Waals surface area contributed by atoms with E-state index in [9.17, 15) is 4.79 Å². The van der Waals surface area contributed by atoms with Gasteiger partial charge in [0, 0.05) is 6.42 Å². The fourth-order valence-corrected chi connectivity index (χ4v) is 3.95. The lowest BCUT2D eigenvalue weighted by Crippen LogP contribution is -2.09. The van der Waals surface area contributed by atoms with Crippen molar-refractivity contribution in [1.29, 1.82) is 0 Å². The monoisotopic (exact) mass is 196 g/mol. The zero-order valence-electron chi connectivity index (χ0n) is 5.51. The zero-order chi connectivity index (χ0) is 7.40. The molecule has 0 aromatic rings. The number of carbonyl (C=O) groups is 1. The molecular weight excluding hydrogens is 188 g/mol. The molecule has 10 heavy (non-hydrogen) atoms. The Labute approximate surface area is 74.3 Å². The Morgan fingerprint density at radius 3 is 2.60 bits per heavy atom. The minimum atomic E-state index is -0.202. The average Bonchev–Trinajstić information content (AvgIpc) is 1.88. The third-order valence-electron chi connectivity index (χ3n) is 1.22. The lowest BCUT2D eigenvalue weighted by molar-refractivity contribution is -0.111. The Morgan fingerprint density at radius 2 is 2.10 bits per heavy atom. The van der Waals surface area contributed by atoms with Gasteiger partial charge in [-0.05, 0) is 29.5 Å². The third kappa shape index (κ3) is 3.17. The molecule has 0 amide bonds. The van der Waals surface area contributed by atoms with Gasteiger partial charge in [0.15, 0.2) is 0 Å². The number of halogens is 1. The van der Waals surface area contributed by atoms with Gasteiger partial charge >= 0.3 is 0 Å². The molecule has 0 aromatic carbocycles. The smallest absolute Gasteiger partial charge is 0.223 e. The molecule has 0 aliphatic carbocycles. The van der Waals surface area contributed by atoms with E-state index >= 15 is 0 Å². The van der Waals surface area contributed by atoms with E-state index in [-0.39, 0.29) is 5.24 Å². The Kier molecular flexibility index (Phi) is 3.96. The molecule has 1 rings (SSSR count). The maximum absolute atomic E-state index is 10.5. The number of hydrogen-bond acceptors (Lipinski definition) is 3. The van der Waals surface area contributed by atoms with Gasteiger partial charge in [0.25, 0.3) is 0 Å². The van der Waals surface area contributed by atoms with Gasteiger partial charge in [-0.1, -0.05) is 0 Å². The Balaban J connectivity index is 2.19.